The number of nitrogens with one attached hydrogen (secondary N) is 2. The summed E-state index contributed by atoms with van der Waals surface area (Å²) in [7, 11) is 1.59. The molecule has 460 valence electrons. The number of nitrogens with zero attached hydrogens (tertiary/aromatic N) is 4. The number of carbonyl (C=O) groups is 8. The van der Waals surface area contributed by atoms with E-state index in [1.807, 2.05) is 0 Å². The third-order valence-electron chi connectivity index (χ3n) is 20.6. The lowest BCUT2D eigenvalue weighted by Crippen LogP contribution is -2.58. The van der Waals surface area contributed by atoms with E-state index in [4.69, 9.17) is 4.74 Å². The van der Waals surface area contributed by atoms with Gasteiger partial charge in [0.25, 0.3) is 0 Å². The number of aliphatic imine (C=N–C) groups is 1. The Morgan fingerprint density at radius 3 is 2.31 bits per heavy atom. The summed E-state index contributed by atoms with van der Waals surface area (Å²) in [6, 6.07) is 3.00. The van der Waals surface area contributed by atoms with Gasteiger partial charge in [0, 0.05) is 92.0 Å². The molecule has 2 aromatic rings. The maximum atomic E-state index is 14.0. The molecule has 4 saturated carbocycles. The molecule has 6 aliphatic rings. The number of fused-ring (bicyclic) bond motifs is 6. The average Bonchev–Trinajstić information content (AvgIpc) is 1.44. The number of likely N-dealkylation sites (N-methyl/N-ethyl adjacent to an activating group) is 1. The van der Waals surface area contributed by atoms with Crippen molar-refractivity contribution < 1.29 is 63.5 Å². The minimum atomic E-state index is -1.13. The van der Waals surface area contributed by atoms with E-state index in [9.17, 15) is 58.8 Å². The molecule has 8 rings (SSSR count). The van der Waals surface area contributed by atoms with Crippen LogP contribution in [0.1, 0.15) is 163 Å². The Labute approximate surface area is 501 Å². The summed E-state index contributed by atoms with van der Waals surface area (Å²) in [5, 5.41) is 48.7. The minimum absolute atomic E-state index is 0.0253. The highest BCUT2D eigenvalue weighted by Crippen LogP contribution is 2.68. The second-order valence-electron chi connectivity index (χ2n) is 26.2. The number of hydrogen-bond acceptors (Lipinski definition) is 15. The number of Topliss-reactive ketones (excluding diaryl/α,β-unsaturated/α-hetero) is 2. The van der Waals surface area contributed by atoms with Crippen LogP contribution in [-0.2, 0) is 33.6 Å². The molecule has 4 fully saturated rings. The van der Waals surface area contributed by atoms with Crippen molar-refractivity contribution in [3.8, 4) is 5.75 Å². The number of thioether (sulfide) groups is 1. The number of ketones is 2. The van der Waals surface area contributed by atoms with Crippen molar-refractivity contribution in [2.24, 2.45) is 56.7 Å². The quantitative estimate of drug-likeness (QED) is 0.0423. The maximum Gasteiger partial charge on any atom is 0.415 e. The van der Waals surface area contributed by atoms with Crippen molar-refractivity contribution in [2.75, 3.05) is 39.0 Å². The van der Waals surface area contributed by atoms with Gasteiger partial charge in [-0.25, -0.2) is 19.4 Å². The van der Waals surface area contributed by atoms with Crippen LogP contribution < -0.4 is 15.4 Å². The highest BCUT2D eigenvalue weighted by atomic mass is 32.2. The van der Waals surface area contributed by atoms with E-state index in [2.05, 4.69) is 41.4 Å². The van der Waals surface area contributed by atoms with Gasteiger partial charge < -0.3 is 45.6 Å². The molecular formula is C63H88N6O13S2. The number of allylic oxidation sites excluding steroid dienone is 4. The van der Waals surface area contributed by atoms with Gasteiger partial charge in [0.2, 0.25) is 17.7 Å². The van der Waals surface area contributed by atoms with Crippen molar-refractivity contribution in [1.29, 1.82) is 0 Å². The van der Waals surface area contributed by atoms with Gasteiger partial charge >= 0.3 is 18.0 Å². The molecule has 1 aromatic carbocycles. The van der Waals surface area contributed by atoms with Crippen LogP contribution in [0.5, 0.6) is 5.75 Å². The highest BCUT2D eigenvalue weighted by molar-refractivity contribution is 8.15. The predicted octanol–water partition coefficient (Wildman–Crippen LogP) is 8.77. The molecule has 84 heavy (non-hydrogen) atoms. The van der Waals surface area contributed by atoms with Gasteiger partial charge in [-0.05, 0) is 163 Å². The van der Waals surface area contributed by atoms with E-state index in [1.165, 1.54) is 32.9 Å². The molecule has 0 radical (unpaired) electrons. The number of aliphatic hydroxyl groups excluding tert-OH is 2. The highest BCUT2D eigenvalue weighted by Gasteiger charge is 2.64. The largest absolute Gasteiger partial charge is 0.480 e. The fourth-order valence-electron chi connectivity index (χ4n) is 15.5. The van der Waals surface area contributed by atoms with Crippen LogP contribution in [0.2, 0.25) is 0 Å². The Balaban J connectivity index is 0.799. The number of aliphatic hydroxyl groups is 2. The lowest BCUT2D eigenvalue weighted by Gasteiger charge is -2.62. The summed E-state index contributed by atoms with van der Waals surface area (Å²) < 4.78 is 6.55. The molecule has 0 spiro atoms. The first-order chi connectivity index (χ1) is 39.6. The number of carbonyl (C=O) groups excluding carboxylic acids is 6. The number of hydrogen-bond donors (Lipinski definition) is 6. The fraction of sp³-hybridized carbons (Fsp3) is 0.683. The lowest BCUT2D eigenvalue weighted by molar-refractivity contribution is -0.175. The second kappa shape index (κ2) is 26.6. The first-order valence-electron chi connectivity index (χ1n) is 30.3. The molecule has 21 heteroatoms. The number of aromatic nitrogens is 1. The van der Waals surface area contributed by atoms with Crippen molar-refractivity contribution in [3.63, 3.8) is 0 Å². The summed E-state index contributed by atoms with van der Waals surface area (Å²) in [6.45, 7) is 15.7. The minimum Gasteiger partial charge on any atom is -0.480 e. The zero-order valence-electron chi connectivity index (χ0n) is 50.4. The van der Waals surface area contributed by atoms with Crippen LogP contribution in [0.4, 0.5) is 4.79 Å². The summed E-state index contributed by atoms with van der Waals surface area (Å²) >= 11 is 2.60. The molecular weight excluding hydrogens is 1110 g/mol. The van der Waals surface area contributed by atoms with Gasteiger partial charge in [-0.3, -0.25) is 29.0 Å². The molecule has 5 aliphatic carbocycles. The number of rotatable bonds is 24. The smallest absolute Gasteiger partial charge is 0.415 e. The van der Waals surface area contributed by atoms with Crippen molar-refractivity contribution in [2.45, 2.75) is 182 Å². The molecule has 0 bridgehead atoms. The predicted molar refractivity (Wildman–Crippen MR) is 321 cm³/mol. The Hall–Kier alpha value is -5.51. The lowest BCUT2D eigenvalue weighted by atomic mass is 9.43. The molecule has 12 atom stereocenters. The SMILES string of the molecule is CC1=C(C)C(=O)C(C(C)(C)CC(=O)N(C)CCN(CCCC(=O)NCCCCC(NC(=O)CCC(C)[C@H]2CC[C@H]3[C@@H]4CC[C@@H]5C[C@H](O)CC[C@]5(C)[C@H]4C[C@H](O)[C@]23C)C(=O)O)C(=O)Oc2ccc3nc(C4=NC(C(=O)O)CS4)sc3c2)=C(C)C1=O. The third kappa shape index (κ3) is 13.8. The number of carboxylic acid groups (broad SMARTS) is 2. The number of ether oxygens (including phenoxy) is 1. The summed E-state index contributed by atoms with van der Waals surface area (Å²) in [4.78, 5) is 116. The van der Waals surface area contributed by atoms with Crippen molar-refractivity contribution >= 4 is 85.7 Å². The molecule has 6 N–H and O–H groups in total. The zero-order chi connectivity index (χ0) is 61.2. The molecule has 1 aromatic heterocycles. The Morgan fingerprint density at radius 1 is 0.857 bits per heavy atom. The number of aliphatic carboxylic acids is 2. The van der Waals surface area contributed by atoms with Gasteiger partial charge in [0.1, 0.15) is 21.8 Å². The van der Waals surface area contributed by atoms with Crippen LogP contribution >= 0.6 is 23.1 Å². The summed E-state index contributed by atoms with van der Waals surface area (Å²) in [6.07, 6.45) is 8.55. The first-order valence-corrected chi connectivity index (χ1v) is 32.1. The number of amides is 4. The number of thiazole rings is 1. The standard InChI is InChI=1S/C63H88N6O13S2/c1-34(42-19-20-43-41-18-16-38-29-39(70)23-24-62(38,7)44(41)31-49(71)63(42,43)8)15-22-51(73)65-46(58(77)78)13-10-11-25-64-50(72)14-12-26-69(28-27-68(9)52(74)32-61(5,6)53-37(4)54(75)35(2)36(3)55(53)76)60(81)82-40-17-21-45-48(30-40)84-57(66-45)56-67-47(33-83-56)59(79)80/h17,21,30,34,38-39,41-44,46-47,49,70-71H,10-16,18-20,22-29,31-33H2,1-9H3,(H,64,72)(H,65,73)(H,77,78)(H,79,80)/t34?,38-,39-,41+,42-,43+,44+,46?,47?,49+,62+,63-/m1/s1. The van der Waals surface area contributed by atoms with Gasteiger partial charge in [0.05, 0.1) is 22.4 Å². The van der Waals surface area contributed by atoms with Crippen LogP contribution in [0.25, 0.3) is 10.2 Å². The number of benzene rings is 1. The molecule has 3 unspecified atom stereocenters. The molecule has 1 aliphatic heterocycles. The average molecular weight is 1200 g/mol. The van der Waals surface area contributed by atoms with Crippen LogP contribution in [0.15, 0.2) is 45.5 Å². The van der Waals surface area contributed by atoms with Crippen LogP contribution in [-0.4, -0.2) is 151 Å². The number of unbranched alkanes of at least 4 members (excludes halogenated alkanes) is 1. The molecule has 0 saturated heterocycles. The normalized spacial score (nSPS) is 28.4. The number of carboxylic acids is 2. The van der Waals surface area contributed by atoms with Gasteiger partial charge in [-0.2, -0.15) is 0 Å². The maximum absolute atomic E-state index is 14.0. The van der Waals surface area contributed by atoms with Crippen LogP contribution in [0, 0.1) is 51.8 Å². The van der Waals surface area contributed by atoms with Crippen LogP contribution in [0.3, 0.4) is 0 Å². The fourth-order valence-corrected chi connectivity index (χ4v) is 17.6. The monoisotopic (exact) mass is 1200 g/mol. The van der Waals surface area contributed by atoms with E-state index in [1.54, 1.807) is 59.9 Å². The van der Waals surface area contributed by atoms with E-state index in [0.29, 0.717) is 91.2 Å². The van der Waals surface area contributed by atoms with E-state index in [0.717, 1.165) is 51.4 Å². The third-order valence-corrected chi connectivity index (χ3v) is 22.8. The Kier molecular flexibility index (Phi) is 20.4. The molecule has 19 nitrogen and oxygen atoms in total. The van der Waals surface area contributed by atoms with Gasteiger partial charge in [-0.15, -0.1) is 23.1 Å². The van der Waals surface area contributed by atoms with Gasteiger partial charge in [0.15, 0.2) is 17.6 Å². The molecule has 2 heterocycles. The van der Waals surface area contributed by atoms with E-state index < -0.39 is 41.6 Å². The summed E-state index contributed by atoms with van der Waals surface area (Å²) in [5.74, 6) is -0.649. The zero-order valence-corrected chi connectivity index (χ0v) is 52.1. The van der Waals surface area contributed by atoms with Crippen molar-refractivity contribution in [1.82, 2.24) is 25.4 Å². The summed E-state index contributed by atoms with van der Waals surface area (Å²) in [5.41, 5.74) is 0.904. The second-order valence-corrected chi connectivity index (χ2v) is 28.2. The first kappa shape index (κ1) is 64.5. The topological polar surface area (TPSA) is 282 Å². The Morgan fingerprint density at radius 2 is 1.60 bits per heavy atom. The van der Waals surface area contributed by atoms with Gasteiger partial charge in [-0.1, -0.05) is 34.6 Å². The van der Waals surface area contributed by atoms with E-state index >= 15 is 0 Å². The molecule has 4 amide bonds. The van der Waals surface area contributed by atoms with E-state index in [-0.39, 0.29) is 122 Å². The Bertz CT molecular complexity index is 2990. The van der Waals surface area contributed by atoms with Crippen molar-refractivity contribution in [3.05, 3.63) is 45.5 Å².